The molecule has 38 heavy (non-hydrogen) atoms. The van der Waals surface area contributed by atoms with Crippen LogP contribution in [0.4, 0.5) is 0 Å². The predicted octanol–water partition coefficient (Wildman–Crippen LogP) is 4.30. The van der Waals surface area contributed by atoms with E-state index in [1.165, 1.54) is 34.5 Å². The highest BCUT2D eigenvalue weighted by Crippen LogP contribution is 2.52. The van der Waals surface area contributed by atoms with Gasteiger partial charge in [-0.3, -0.25) is 9.59 Å². The minimum Gasteiger partial charge on any atom is -0.504 e. The fourth-order valence-corrected chi connectivity index (χ4v) is 4.46. The maximum Gasteiger partial charge on any atom is 0.306 e. The van der Waals surface area contributed by atoms with Crippen LogP contribution in [0, 0.1) is 0 Å². The fraction of sp³-hybridized carbons (Fsp3) is 0.214. The van der Waals surface area contributed by atoms with Gasteiger partial charge in [0.25, 0.3) is 0 Å². The van der Waals surface area contributed by atoms with E-state index >= 15 is 0 Å². The minimum absolute atomic E-state index is 0.138. The Morgan fingerprint density at radius 1 is 0.868 bits per heavy atom. The number of aromatic hydroxyl groups is 3. The zero-order valence-electron chi connectivity index (χ0n) is 21.1. The zero-order valence-corrected chi connectivity index (χ0v) is 21.1. The fourth-order valence-electron chi connectivity index (χ4n) is 4.46. The molecule has 0 radical (unpaired) electrons. The lowest BCUT2D eigenvalue weighted by molar-refractivity contribution is -0.140. The van der Waals surface area contributed by atoms with Crippen molar-refractivity contribution in [3.63, 3.8) is 0 Å². The number of phenols is 3. The summed E-state index contributed by atoms with van der Waals surface area (Å²) in [6, 6.07) is 13.1. The number of phenolic OH excluding ortho intramolecular Hbond substituents is 3. The van der Waals surface area contributed by atoms with Crippen LogP contribution in [-0.4, -0.2) is 49.7 Å². The van der Waals surface area contributed by atoms with Crippen molar-refractivity contribution >= 4 is 16.9 Å². The van der Waals surface area contributed by atoms with Crippen molar-refractivity contribution in [1.82, 2.24) is 0 Å². The molecule has 10 heteroatoms. The topological polar surface area (TPSA) is 145 Å². The molecule has 0 amide bonds. The first-order chi connectivity index (χ1) is 18.3. The second-order valence-electron chi connectivity index (χ2n) is 8.26. The van der Waals surface area contributed by atoms with E-state index in [1.54, 1.807) is 42.5 Å². The van der Waals surface area contributed by atoms with Crippen LogP contribution < -0.4 is 19.6 Å². The third-order valence-corrected chi connectivity index (χ3v) is 6.25. The van der Waals surface area contributed by atoms with Crippen molar-refractivity contribution in [3.8, 4) is 45.8 Å². The van der Waals surface area contributed by atoms with E-state index in [0.717, 1.165) is 0 Å². The van der Waals surface area contributed by atoms with Gasteiger partial charge in [-0.2, -0.15) is 0 Å². The Morgan fingerprint density at radius 2 is 1.55 bits per heavy atom. The summed E-state index contributed by atoms with van der Waals surface area (Å²) in [5.74, 6) is -3.49. The number of hydrogen-bond acceptors (Lipinski definition) is 10. The number of carbonyl (C=O) groups excluding carboxylic acids is 1. The molecular formula is C28H26O10. The highest BCUT2D eigenvalue weighted by Gasteiger charge is 2.34. The van der Waals surface area contributed by atoms with Gasteiger partial charge in [-0.1, -0.05) is 36.4 Å². The molecule has 0 aliphatic rings. The average Bonchev–Trinajstić information content (AvgIpc) is 2.94. The van der Waals surface area contributed by atoms with Crippen molar-refractivity contribution in [3.05, 3.63) is 69.9 Å². The number of esters is 1. The summed E-state index contributed by atoms with van der Waals surface area (Å²) < 4.78 is 27.4. The summed E-state index contributed by atoms with van der Waals surface area (Å²) in [5, 5.41) is 32.0. The van der Waals surface area contributed by atoms with Crippen LogP contribution in [0.2, 0.25) is 0 Å². The summed E-state index contributed by atoms with van der Waals surface area (Å²) in [4.78, 5) is 25.8. The number of ether oxygens (including phenoxy) is 4. The van der Waals surface area contributed by atoms with Gasteiger partial charge in [0.15, 0.2) is 28.4 Å². The Morgan fingerprint density at radius 3 is 2.16 bits per heavy atom. The van der Waals surface area contributed by atoms with Gasteiger partial charge >= 0.3 is 5.97 Å². The maximum absolute atomic E-state index is 13.2. The molecule has 0 fully saturated rings. The Kier molecular flexibility index (Phi) is 7.33. The third-order valence-electron chi connectivity index (χ3n) is 6.25. The second-order valence-corrected chi connectivity index (χ2v) is 8.26. The molecule has 1 aromatic heterocycles. The van der Waals surface area contributed by atoms with Crippen LogP contribution in [0.15, 0.2) is 57.7 Å². The molecule has 0 bridgehead atoms. The van der Waals surface area contributed by atoms with Crippen molar-refractivity contribution in [2.45, 2.75) is 12.3 Å². The van der Waals surface area contributed by atoms with E-state index < -0.39 is 34.6 Å². The minimum atomic E-state index is -1.10. The van der Waals surface area contributed by atoms with Crippen molar-refractivity contribution in [1.29, 1.82) is 0 Å². The molecule has 0 aliphatic heterocycles. The van der Waals surface area contributed by atoms with Crippen molar-refractivity contribution in [2.24, 2.45) is 0 Å². The second kappa shape index (κ2) is 10.6. The van der Waals surface area contributed by atoms with Crippen LogP contribution in [0.5, 0.6) is 34.5 Å². The largest absolute Gasteiger partial charge is 0.504 e. The molecule has 1 unspecified atom stereocenters. The normalized spacial score (nSPS) is 11.7. The standard InChI is InChI=1S/C28H26O10/c1-34-18-11-10-15(26(36-3)27(18)37-4)16(12-20(30)35-2)21-23(31)25(33)24(32)22-17(29)13-19(38-28(21)22)14-8-6-5-7-9-14/h5-11,13,16,31-33H,12H2,1-4H3. The van der Waals surface area contributed by atoms with Crippen LogP contribution in [0.1, 0.15) is 23.5 Å². The van der Waals surface area contributed by atoms with E-state index in [1.807, 2.05) is 0 Å². The molecule has 10 nitrogen and oxygen atoms in total. The van der Waals surface area contributed by atoms with E-state index in [4.69, 9.17) is 23.4 Å². The Hall–Kier alpha value is -4.86. The first-order valence-corrected chi connectivity index (χ1v) is 11.4. The molecular weight excluding hydrogens is 496 g/mol. The number of fused-ring (bicyclic) bond motifs is 1. The van der Waals surface area contributed by atoms with Crippen LogP contribution in [0.25, 0.3) is 22.3 Å². The number of hydrogen-bond donors (Lipinski definition) is 3. The smallest absolute Gasteiger partial charge is 0.306 e. The number of carbonyl (C=O) groups is 1. The Labute approximate surface area is 217 Å². The van der Waals surface area contributed by atoms with Crippen molar-refractivity contribution in [2.75, 3.05) is 28.4 Å². The first kappa shape index (κ1) is 26.2. The quantitative estimate of drug-likeness (QED) is 0.226. The molecule has 1 atom stereocenters. The Bertz CT molecular complexity index is 1560. The lowest BCUT2D eigenvalue weighted by Gasteiger charge is -2.24. The molecule has 3 N–H and O–H groups in total. The summed E-state index contributed by atoms with van der Waals surface area (Å²) in [5.41, 5.74) is -0.158. The first-order valence-electron chi connectivity index (χ1n) is 11.4. The average molecular weight is 523 g/mol. The molecule has 198 valence electrons. The number of benzene rings is 3. The molecule has 0 saturated heterocycles. The lowest BCUT2D eigenvalue weighted by Crippen LogP contribution is -2.14. The maximum atomic E-state index is 13.2. The van der Waals surface area contributed by atoms with Gasteiger partial charge in [-0.25, -0.2) is 0 Å². The highest BCUT2D eigenvalue weighted by atomic mass is 16.5. The van der Waals surface area contributed by atoms with E-state index in [-0.39, 0.29) is 40.2 Å². The van der Waals surface area contributed by atoms with Gasteiger partial charge in [0.2, 0.25) is 11.5 Å². The van der Waals surface area contributed by atoms with Crippen LogP contribution in [0.3, 0.4) is 0 Å². The number of methoxy groups -OCH3 is 4. The van der Waals surface area contributed by atoms with E-state index in [2.05, 4.69) is 0 Å². The molecule has 0 saturated carbocycles. The Balaban J connectivity index is 2.14. The monoisotopic (exact) mass is 522 g/mol. The zero-order chi connectivity index (χ0) is 27.6. The lowest BCUT2D eigenvalue weighted by atomic mass is 9.85. The van der Waals surface area contributed by atoms with Crippen LogP contribution in [-0.2, 0) is 9.53 Å². The van der Waals surface area contributed by atoms with E-state index in [9.17, 15) is 24.9 Å². The summed E-state index contributed by atoms with van der Waals surface area (Å²) >= 11 is 0. The molecule has 0 spiro atoms. The van der Waals surface area contributed by atoms with Gasteiger partial charge in [-0.15, -0.1) is 0 Å². The molecule has 1 heterocycles. The summed E-state index contributed by atoms with van der Waals surface area (Å²) in [7, 11) is 5.44. The highest BCUT2D eigenvalue weighted by molar-refractivity contribution is 5.94. The predicted molar refractivity (Wildman–Crippen MR) is 137 cm³/mol. The van der Waals surface area contributed by atoms with Gasteiger partial charge in [-0.05, 0) is 6.07 Å². The summed E-state index contributed by atoms with van der Waals surface area (Å²) in [6.45, 7) is 0. The molecule has 0 aliphatic carbocycles. The SMILES string of the molecule is COC(=O)CC(c1ccc(OC)c(OC)c1OC)c1c(O)c(O)c(O)c2c(=O)cc(-c3ccccc3)oc12. The van der Waals surface area contributed by atoms with Gasteiger partial charge < -0.3 is 38.7 Å². The summed E-state index contributed by atoms with van der Waals surface area (Å²) in [6.07, 6.45) is -0.367. The number of rotatable bonds is 8. The van der Waals surface area contributed by atoms with Gasteiger partial charge in [0.05, 0.1) is 34.9 Å². The molecule has 4 aromatic rings. The van der Waals surface area contributed by atoms with Crippen molar-refractivity contribution < 1.29 is 43.5 Å². The van der Waals surface area contributed by atoms with Gasteiger partial charge in [0, 0.05) is 28.7 Å². The third kappa shape index (κ3) is 4.40. The van der Waals surface area contributed by atoms with E-state index in [0.29, 0.717) is 16.9 Å². The van der Waals surface area contributed by atoms with Crippen LogP contribution >= 0.6 is 0 Å². The molecule has 4 rings (SSSR count). The molecule has 3 aromatic carbocycles. The van der Waals surface area contributed by atoms with Gasteiger partial charge in [0.1, 0.15) is 16.7 Å².